The van der Waals surface area contributed by atoms with Crippen molar-refractivity contribution in [2.24, 2.45) is 5.73 Å². The van der Waals surface area contributed by atoms with E-state index in [9.17, 15) is 4.39 Å². The molecule has 0 aliphatic rings. The summed E-state index contributed by atoms with van der Waals surface area (Å²) in [6.07, 6.45) is 0. The van der Waals surface area contributed by atoms with E-state index in [-0.39, 0.29) is 5.82 Å². The fraction of sp³-hybridized carbons (Fsp3) is 0.143. The molecule has 94 valence electrons. The van der Waals surface area contributed by atoms with E-state index in [0.717, 1.165) is 15.6 Å². The summed E-state index contributed by atoms with van der Waals surface area (Å²) in [5.41, 5.74) is 8.75. The first-order valence-electron chi connectivity index (χ1n) is 5.45. The van der Waals surface area contributed by atoms with Crippen molar-refractivity contribution in [1.29, 1.82) is 0 Å². The number of benzene rings is 2. The highest BCUT2D eigenvalue weighted by Gasteiger charge is 2.16. The molecule has 0 aromatic heterocycles. The van der Waals surface area contributed by atoms with E-state index in [0.29, 0.717) is 10.6 Å². The molecule has 0 heterocycles. The van der Waals surface area contributed by atoms with E-state index >= 15 is 0 Å². The minimum atomic E-state index is -0.456. The first kappa shape index (κ1) is 13.5. The van der Waals surface area contributed by atoms with Gasteiger partial charge in [-0.1, -0.05) is 45.2 Å². The molecule has 1 atom stereocenters. The predicted octanol–water partition coefficient (Wildman–Crippen LogP) is 4.60. The molecular weight excluding hydrogens is 317 g/mol. The van der Waals surface area contributed by atoms with E-state index < -0.39 is 6.04 Å². The number of nitrogens with two attached hydrogens (primary N) is 1. The Kier molecular flexibility index (Phi) is 4.05. The molecule has 1 nitrogen and oxygen atoms in total. The van der Waals surface area contributed by atoms with Gasteiger partial charge in [-0.25, -0.2) is 4.39 Å². The number of hydrogen-bond donors (Lipinski definition) is 1. The molecule has 0 amide bonds. The normalized spacial score (nSPS) is 12.5. The van der Waals surface area contributed by atoms with Crippen LogP contribution in [0.15, 0.2) is 40.9 Å². The van der Waals surface area contributed by atoms with Gasteiger partial charge >= 0.3 is 0 Å². The summed E-state index contributed by atoms with van der Waals surface area (Å²) in [6.45, 7) is 1.98. The highest BCUT2D eigenvalue weighted by Crippen LogP contribution is 2.31. The highest BCUT2D eigenvalue weighted by molar-refractivity contribution is 9.10. The van der Waals surface area contributed by atoms with Crippen LogP contribution in [0.1, 0.15) is 22.7 Å². The lowest BCUT2D eigenvalue weighted by Crippen LogP contribution is -2.13. The van der Waals surface area contributed by atoms with Crippen LogP contribution in [0.3, 0.4) is 0 Å². The van der Waals surface area contributed by atoms with Gasteiger partial charge in [-0.2, -0.15) is 0 Å². The molecule has 0 bridgehead atoms. The molecule has 18 heavy (non-hydrogen) atoms. The van der Waals surface area contributed by atoms with Crippen molar-refractivity contribution in [3.63, 3.8) is 0 Å². The minimum absolute atomic E-state index is 0.339. The Morgan fingerprint density at radius 3 is 2.61 bits per heavy atom. The molecule has 0 aliphatic heterocycles. The van der Waals surface area contributed by atoms with Crippen LogP contribution in [0, 0.1) is 12.7 Å². The fourth-order valence-electron chi connectivity index (χ4n) is 1.82. The van der Waals surface area contributed by atoms with Crippen LogP contribution in [0.2, 0.25) is 5.02 Å². The van der Waals surface area contributed by atoms with Gasteiger partial charge in [-0.15, -0.1) is 0 Å². The average molecular weight is 329 g/mol. The number of aryl methyl sites for hydroxylation is 1. The Bertz CT molecular complexity index is 535. The molecule has 0 spiro atoms. The second-order valence-corrected chi connectivity index (χ2v) is 5.43. The predicted molar refractivity (Wildman–Crippen MR) is 76.3 cm³/mol. The maximum atomic E-state index is 13.3. The van der Waals surface area contributed by atoms with Crippen molar-refractivity contribution in [2.75, 3.05) is 0 Å². The van der Waals surface area contributed by atoms with E-state index in [1.54, 1.807) is 0 Å². The summed E-state index contributed by atoms with van der Waals surface area (Å²) in [4.78, 5) is 0. The Morgan fingerprint density at radius 1 is 1.17 bits per heavy atom. The van der Waals surface area contributed by atoms with Gasteiger partial charge < -0.3 is 5.73 Å². The van der Waals surface area contributed by atoms with Crippen LogP contribution in [-0.2, 0) is 0 Å². The zero-order chi connectivity index (χ0) is 13.3. The molecule has 4 heteroatoms. The molecule has 2 rings (SSSR count). The Hall–Kier alpha value is -0.900. The van der Waals surface area contributed by atoms with Crippen LogP contribution in [0.4, 0.5) is 4.39 Å². The Balaban J connectivity index is 2.50. The minimum Gasteiger partial charge on any atom is -0.320 e. The third-order valence-corrected chi connectivity index (χ3v) is 3.85. The van der Waals surface area contributed by atoms with Crippen molar-refractivity contribution in [1.82, 2.24) is 0 Å². The summed E-state index contributed by atoms with van der Waals surface area (Å²) in [5.74, 6) is -0.339. The first-order chi connectivity index (χ1) is 8.49. The van der Waals surface area contributed by atoms with Gasteiger partial charge in [0, 0.05) is 9.50 Å². The van der Waals surface area contributed by atoms with Crippen LogP contribution < -0.4 is 5.73 Å². The lowest BCUT2D eigenvalue weighted by Gasteiger charge is -2.16. The van der Waals surface area contributed by atoms with E-state index in [1.807, 2.05) is 25.1 Å². The molecule has 2 N–H and O–H groups in total. The van der Waals surface area contributed by atoms with Gasteiger partial charge in [0.25, 0.3) is 0 Å². The van der Waals surface area contributed by atoms with Crippen molar-refractivity contribution in [2.45, 2.75) is 13.0 Å². The third-order valence-electron chi connectivity index (χ3n) is 2.78. The first-order valence-corrected chi connectivity index (χ1v) is 6.62. The number of hydrogen-bond acceptors (Lipinski definition) is 1. The summed E-state index contributed by atoms with van der Waals surface area (Å²) in [7, 11) is 0. The monoisotopic (exact) mass is 327 g/mol. The maximum Gasteiger partial charge on any atom is 0.123 e. The fourth-order valence-corrected chi connectivity index (χ4v) is 2.55. The van der Waals surface area contributed by atoms with Crippen molar-refractivity contribution in [3.05, 3.63) is 68.4 Å². The molecule has 0 aliphatic carbocycles. The number of halogens is 3. The lowest BCUT2D eigenvalue weighted by molar-refractivity contribution is 0.623. The molecule has 0 radical (unpaired) electrons. The van der Waals surface area contributed by atoms with E-state index in [2.05, 4.69) is 15.9 Å². The van der Waals surface area contributed by atoms with Gasteiger partial charge in [-0.3, -0.25) is 0 Å². The van der Waals surface area contributed by atoms with Crippen LogP contribution in [0.5, 0.6) is 0 Å². The topological polar surface area (TPSA) is 26.0 Å². The van der Waals surface area contributed by atoms with Crippen LogP contribution in [-0.4, -0.2) is 0 Å². The summed E-state index contributed by atoms with van der Waals surface area (Å²) in [6, 6.07) is 9.64. The van der Waals surface area contributed by atoms with Gasteiger partial charge in [-0.05, 0) is 42.3 Å². The second-order valence-electron chi connectivity index (χ2n) is 4.17. The van der Waals surface area contributed by atoms with Crippen molar-refractivity contribution < 1.29 is 4.39 Å². The van der Waals surface area contributed by atoms with Gasteiger partial charge in [0.1, 0.15) is 5.82 Å². The Morgan fingerprint density at radius 2 is 1.89 bits per heavy atom. The molecule has 2 aromatic rings. The summed E-state index contributed by atoms with van der Waals surface area (Å²) in [5, 5.41) is 0.470. The molecule has 1 unspecified atom stereocenters. The smallest absolute Gasteiger partial charge is 0.123 e. The summed E-state index contributed by atoms with van der Waals surface area (Å²) < 4.78 is 14.2. The standard InChI is InChI=1S/C14H12BrClFN/c1-8-2-4-12(15)10(6-8)14(18)11-7-9(17)3-5-13(11)16/h2-7,14H,18H2,1H3. The summed E-state index contributed by atoms with van der Waals surface area (Å²) >= 11 is 9.53. The zero-order valence-electron chi connectivity index (χ0n) is 9.75. The lowest BCUT2D eigenvalue weighted by atomic mass is 9.98. The van der Waals surface area contributed by atoms with Crippen molar-refractivity contribution >= 4 is 27.5 Å². The van der Waals surface area contributed by atoms with Gasteiger partial charge in [0.05, 0.1) is 6.04 Å². The molecule has 0 saturated heterocycles. The van der Waals surface area contributed by atoms with Crippen LogP contribution >= 0.6 is 27.5 Å². The highest BCUT2D eigenvalue weighted by atomic mass is 79.9. The average Bonchev–Trinajstić information content (AvgIpc) is 2.34. The van der Waals surface area contributed by atoms with Gasteiger partial charge in [0.15, 0.2) is 0 Å². The molecule has 2 aromatic carbocycles. The molecular formula is C14H12BrClFN. The number of rotatable bonds is 2. The quantitative estimate of drug-likeness (QED) is 0.856. The van der Waals surface area contributed by atoms with Gasteiger partial charge in [0.2, 0.25) is 0 Å². The zero-order valence-corrected chi connectivity index (χ0v) is 12.1. The molecule has 0 saturated carbocycles. The SMILES string of the molecule is Cc1ccc(Br)c(C(N)c2cc(F)ccc2Cl)c1. The van der Waals surface area contributed by atoms with E-state index in [4.69, 9.17) is 17.3 Å². The van der Waals surface area contributed by atoms with Crippen LogP contribution in [0.25, 0.3) is 0 Å². The van der Waals surface area contributed by atoms with Crippen molar-refractivity contribution in [3.8, 4) is 0 Å². The molecule has 0 fully saturated rings. The third kappa shape index (κ3) is 2.74. The largest absolute Gasteiger partial charge is 0.320 e. The maximum absolute atomic E-state index is 13.3. The Labute approximate surface area is 119 Å². The second kappa shape index (κ2) is 5.39. The van der Waals surface area contributed by atoms with E-state index in [1.165, 1.54) is 18.2 Å².